The molecule has 156 valence electrons. The Morgan fingerprint density at radius 1 is 0.759 bits per heavy atom. The molecule has 0 spiro atoms. The first-order valence-corrected chi connectivity index (χ1v) is 11.7. The zero-order valence-corrected chi connectivity index (χ0v) is 17.5. The van der Waals surface area contributed by atoms with Crippen LogP contribution in [0, 0.1) is 0 Å². The first kappa shape index (κ1) is 19.2. The lowest BCUT2D eigenvalue weighted by atomic mass is 9.95. The van der Waals surface area contributed by atoms with Crippen LogP contribution in [0.2, 0.25) is 0 Å². The van der Waals surface area contributed by atoms with Gasteiger partial charge in [-0.25, -0.2) is 4.68 Å². The molecule has 0 N–H and O–H groups in total. The highest BCUT2D eigenvalue weighted by Gasteiger charge is 2.34. The quantitative estimate of drug-likeness (QED) is 0.771. The van der Waals surface area contributed by atoms with Gasteiger partial charge in [-0.1, -0.05) is 62.4 Å². The zero-order valence-electron chi connectivity index (χ0n) is 17.5. The standard InChI is InChI=1S/C23H34N6/c1-3-9-19(10-4-1)22(23-24-25-26-29(23)21-13-5-2-6-14-21)28-17-15-27(16-18-28)20-11-7-8-12-20/h1,3-4,9-10,20-22H,2,5-8,11-18H2/t22-/m1/s1. The van der Waals surface area contributed by atoms with Crippen LogP contribution < -0.4 is 0 Å². The lowest BCUT2D eigenvalue weighted by Gasteiger charge is -2.41. The summed E-state index contributed by atoms with van der Waals surface area (Å²) in [4.78, 5) is 5.35. The second-order valence-corrected chi connectivity index (χ2v) is 9.10. The average Bonchev–Trinajstić information content (AvgIpc) is 3.49. The summed E-state index contributed by atoms with van der Waals surface area (Å²) < 4.78 is 2.17. The lowest BCUT2D eigenvalue weighted by Crippen LogP contribution is -2.51. The van der Waals surface area contributed by atoms with Crippen molar-refractivity contribution in [3.8, 4) is 0 Å². The molecule has 1 aromatic heterocycles. The van der Waals surface area contributed by atoms with Crippen molar-refractivity contribution in [2.24, 2.45) is 0 Å². The van der Waals surface area contributed by atoms with Crippen molar-refractivity contribution in [3.63, 3.8) is 0 Å². The summed E-state index contributed by atoms with van der Waals surface area (Å²) in [7, 11) is 0. The van der Waals surface area contributed by atoms with Crippen LogP contribution in [0.25, 0.3) is 0 Å². The molecule has 3 aliphatic rings. The molecule has 1 saturated heterocycles. The van der Waals surface area contributed by atoms with E-state index in [1.54, 1.807) is 0 Å². The summed E-state index contributed by atoms with van der Waals surface area (Å²) in [5.41, 5.74) is 1.31. The predicted octanol–water partition coefficient (Wildman–Crippen LogP) is 3.83. The molecular formula is C23H34N6. The number of benzene rings is 1. The minimum absolute atomic E-state index is 0.152. The van der Waals surface area contributed by atoms with Gasteiger partial charge in [0, 0.05) is 32.2 Å². The van der Waals surface area contributed by atoms with Gasteiger partial charge in [-0.2, -0.15) is 0 Å². The molecule has 2 aromatic rings. The van der Waals surface area contributed by atoms with Crippen LogP contribution in [0.4, 0.5) is 0 Å². The van der Waals surface area contributed by atoms with Crippen LogP contribution >= 0.6 is 0 Å². The molecule has 0 unspecified atom stereocenters. The summed E-state index contributed by atoms with van der Waals surface area (Å²) in [6, 6.07) is 12.3. The van der Waals surface area contributed by atoms with Gasteiger partial charge in [-0.05, 0) is 41.7 Å². The van der Waals surface area contributed by atoms with Crippen LogP contribution in [0.15, 0.2) is 30.3 Å². The number of nitrogens with zero attached hydrogens (tertiary/aromatic N) is 6. The minimum Gasteiger partial charge on any atom is -0.298 e. The molecule has 0 radical (unpaired) electrons. The molecule has 2 saturated carbocycles. The largest absolute Gasteiger partial charge is 0.298 e. The van der Waals surface area contributed by atoms with Gasteiger partial charge in [0.2, 0.25) is 0 Å². The Balaban J connectivity index is 1.39. The number of hydrogen-bond donors (Lipinski definition) is 0. The molecule has 2 aliphatic carbocycles. The van der Waals surface area contributed by atoms with Crippen molar-refractivity contribution in [2.45, 2.75) is 75.9 Å². The Kier molecular flexibility index (Phi) is 5.90. The Morgan fingerprint density at radius 2 is 1.41 bits per heavy atom. The molecule has 2 heterocycles. The maximum Gasteiger partial charge on any atom is 0.173 e. The van der Waals surface area contributed by atoms with Gasteiger partial charge >= 0.3 is 0 Å². The van der Waals surface area contributed by atoms with Crippen LogP contribution in [-0.2, 0) is 0 Å². The van der Waals surface area contributed by atoms with E-state index in [0.29, 0.717) is 6.04 Å². The molecule has 1 atom stereocenters. The van der Waals surface area contributed by atoms with Gasteiger partial charge in [0.05, 0.1) is 12.1 Å². The van der Waals surface area contributed by atoms with Gasteiger partial charge in [-0.15, -0.1) is 5.10 Å². The molecule has 1 aliphatic heterocycles. The molecular weight excluding hydrogens is 360 g/mol. The number of tetrazole rings is 1. The van der Waals surface area contributed by atoms with Crippen LogP contribution in [0.3, 0.4) is 0 Å². The first-order valence-electron chi connectivity index (χ1n) is 11.7. The van der Waals surface area contributed by atoms with Crippen LogP contribution in [-0.4, -0.2) is 62.2 Å². The maximum absolute atomic E-state index is 4.59. The van der Waals surface area contributed by atoms with E-state index in [9.17, 15) is 0 Å². The van der Waals surface area contributed by atoms with Gasteiger partial charge in [0.15, 0.2) is 5.82 Å². The van der Waals surface area contributed by atoms with Crippen molar-refractivity contribution >= 4 is 0 Å². The van der Waals surface area contributed by atoms with Crippen molar-refractivity contribution < 1.29 is 0 Å². The normalized spacial score (nSPS) is 24.1. The fourth-order valence-electron chi connectivity index (χ4n) is 5.75. The zero-order chi connectivity index (χ0) is 19.5. The average molecular weight is 395 g/mol. The van der Waals surface area contributed by atoms with Crippen molar-refractivity contribution in [1.29, 1.82) is 0 Å². The number of rotatable bonds is 5. The van der Waals surface area contributed by atoms with E-state index in [-0.39, 0.29) is 6.04 Å². The Bertz CT molecular complexity index is 755. The van der Waals surface area contributed by atoms with E-state index >= 15 is 0 Å². The van der Waals surface area contributed by atoms with Crippen LogP contribution in [0.1, 0.15) is 81.3 Å². The smallest absolute Gasteiger partial charge is 0.173 e. The highest BCUT2D eigenvalue weighted by molar-refractivity contribution is 5.25. The van der Waals surface area contributed by atoms with E-state index < -0.39 is 0 Å². The number of hydrogen-bond acceptors (Lipinski definition) is 5. The van der Waals surface area contributed by atoms with E-state index in [2.05, 4.69) is 60.3 Å². The third-order valence-electron chi connectivity index (χ3n) is 7.35. The molecule has 29 heavy (non-hydrogen) atoms. The van der Waals surface area contributed by atoms with E-state index in [0.717, 1.165) is 25.0 Å². The monoisotopic (exact) mass is 394 g/mol. The minimum atomic E-state index is 0.152. The molecule has 6 heteroatoms. The summed E-state index contributed by atoms with van der Waals surface area (Å²) in [6.07, 6.45) is 11.9. The highest BCUT2D eigenvalue weighted by atomic mass is 15.6. The second-order valence-electron chi connectivity index (χ2n) is 9.10. The SMILES string of the molecule is c1ccc([C@H](c2nnnn2C2CCCCC2)N2CCN(C3CCCC3)CC2)cc1. The highest BCUT2D eigenvalue weighted by Crippen LogP contribution is 2.34. The van der Waals surface area contributed by atoms with Gasteiger partial charge in [-0.3, -0.25) is 9.80 Å². The van der Waals surface area contributed by atoms with E-state index in [1.165, 1.54) is 76.4 Å². The van der Waals surface area contributed by atoms with Gasteiger partial charge in [0.25, 0.3) is 0 Å². The lowest BCUT2D eigenvalue weighted by molar-refractivity contribution is 0.0760. The summed E-state index contributed by atoms with van der Waals surface area (Å²) in [5.74, 6) is 1.04. The molecule has 5 rings (SSSR count). The Hall–Kier alpha value is -1.79. The number of piperazine rings is 1. The third-order valence-corrected chi connectivity index (χ3v) is 7.35. The Morgan fingerprint density at radius 3 is 2.14 bits per heavy atom. The van der Waals surface area contributed by atoms with Crippen molar-refractivity contribution in [1.82, 2.24) is 30.0 Å². The molecule has 1 aromatic carbocycles. The second kappa shape index (κ2) is 8.92. The molecule has 6 nitrogen and oxygen atoms in total. The summed E-state index contributed by atoms with van der Waals surface area (Å²) in [5, 5.41) is 13.2. The first-order chi connectivity index (χ1) is 14.4. The van der Waals surface area contributed by atoms with Gasteiger partial charge < -0.3 is 0 Å². The maximum atomic E-state index is 4.59. The number of aromatic nitrogens is 4. The molecule has 3 fully saturated rings. The van der Waals surface area contributed by atoms with E-state index in [4.69, 9.17) is 0 Å². The van der Waals surface area contributed by atoms with Crippen molar-refractivity contribution in [3.05, 3.63) is 41.7 Å². The van der Waals surface area contributed by atoms with Gasteiger partial charge in [0.1, 0.15) is 0 Å². The fraction of sp³-hybridized carbons (Fsp3) is 0.696. The predicted molar refractivity (Wildman–Crippen MR) is 114 cm³/mol. The Labute approximate surface area is 174 Å². The van der Waals surface area contributed by atoms with Crippen molar-refractivity contribution in [2.75, 3.05) is 26.2 Å². The third kappa shape index (κ3) is 4.10. The summed E-state index contributed by atoms with van der Waals surface area (Å²) >= 11 is 0. The van der Waals surface area contributed by atoms with Crippen LogP contribution in [0.5, 0.6) is 0 Å². The molecule has 0 bridgehead atoms. The topological polar surface area (TPSA) is 50.1 Å². The fourth-order valence-corrected chi connectivity index (χ4v) is 5.75. The summed E-state index contributed by atoms with van der Waals surface area (Å²) in [6.45, 7) is 4.51. The molecule has 0 amide bonds. The van der Waals surface area contributed by atoms with E-state index in [1.807, 2.05) is 0 Å².